The SMILES string of the molecule is CON(C)C(=O)C[C@]1(N2CNNC2=O)CC[C@@](CO[C@H](C)c2cc(C(F)(F)F)cc(C(F)(F)F)c2)(c2ccccc2)N(C(=O)OCc2ccccc2)C1. The van der Waals surface area contributed by atoms with Gasteiger partial charge in [0.2, 0.25) is 5.91 Å². The molecule has 3 aromatic carbocycles. The Hall–Kier alpha value is -4.87. The summed E-state index contributed by atoms with van der Waals surface area (Å²) in [6, 6.07) is 18.0. The molecule has 0 aliphatic carbocycles. The molecule has 0 unspecified atom stereocenters. The summed E-state index contributed by atoms with van der Waals surface area (Å²) < 4.78 is 94.5. The predicted molar refractivity (Wildman–Crippen MR) is 177 cm³/mol. The number of halogens is 6. The van der Waals surface area contributed by atoms with Gasteiger partial charge in [-0.2, -0.15) is 26.3 Å². The minimum atomic E-state index is -5.07. The van der Waals surface area contributed by atoms with Crippen molar-refractivity contribution >= 4 is 18.0 Å². The highest BCUT2D eigenvalue weighted by Crippen LogP contribution is 2.47. The van der Waals surface area contributed by atoms with Crippen molar-refractivity contribution in [2.45, 2.75) is 62.3 Å². The van der Waals surface area contributed by atoms with E-state index in [0.717, 1.165) is 5.06 Å². The molecule has 0 saturated carbocycles. The molecular formula is C36H39F6N5O6. The van der Waals surface area contributed by atoms with E-state index >= 15 is 0 Å². The summed E-state index contributed by atoms with van der Waals surface area (Å²) in [5.74, 6) is -0.507. The van der Waals surface area contributed by atoms with E-state index in [2.05, 4.69) is 10.9 Å². The first kappa shape index (κ1) is 39.3. The molecule has 2 saturated heterocycles. The van der Waals surface area contributed by atoms with Gasteiger partial charge in [0.25, 0.3) is 0 Å². The van der Waals surface area contributed by atoms with Gasteiger partial charge in [-0.25, -0.2) is 20.1 Å². The number of amides is 4. The lowest BCUT2D eigenvalue weighted by Crippen LogP contribution is -2.68. The van der Waals surface area contributed by atoms with Crippen LogP contribution in [0.1, 0.15) is 60.1 Å². The number of benzene rings is 3. The maximum Gasteiger partial charge on any atom is 0.416 e. The molecule has 2 aliphatic rings. The number of nitrogens with one attached hydrogen (secondary N) is 2. The number of hydroxylamine groups is 2. The van der Waals surface area contributed by atoms with E-state index < -0.39 is 65.3 Å². The van der Waals surface area contributed by atoms with Crippen LogP contribution in [0.2, 0.25) is 0 Å². The Morgan fingerprint density at radius 3 is 2.08 bits per heavy atom. The molecule has 5 rings (SSSR count). The molecule has 11 nitrogen and oxygen atoms in total. The van der Waals surface area contributed by atoms with E-state index in [1.807, 2.05) is 0 Å². The maximum atomic E-state index is 14.4. The second-order valence-corrected chi connectivity index (χ2v) is 13.0. The topological polar surface area (TPSA) is 113 Å². The van der Waals surface area contributed by atoms with Crippen molar-refractivity contribution in [2.75, 3.05) is 34.0 Å². The van der Waals surface area contributed by atoms with Crippen LogP contribution in [0.3, 0.4) is 0 Å². The van der Waals surface area contributed by atoms with Crippen LogP contribution in [0, 0.1) is 0 Å². The van der Waals surface area contributed by atoms with Crippen LogP contribution < -0.4 is 10.9 Å². The van der Waals surface area contributed by atoms with Crippen LogP contribution in [-0.2, 0) is 43.6 Å². The van der Waals surface area contributed by atoms with E-state index in [9.17, 15) is 40.7 Å². The van der Waals surface area contributed by atoms with Crippen LogP contribution >= 0.6 is 0 Å². The lowest BCUT2D eigenvalue weighted by atomic mass is 9.72. The van der Waals surface area contributed by atoms with Gasteiger partial charge >= 0.3 is 24.5 Å². The summed E-state index contributed by atoms with van der Waals surface area (Å²) in [6.07, 6.45) is -12.5. The molecule has 53 heavy (non-hydrogen) atoms. The number of piperidine rings is 1. The number of hydrogen-bond acceptors (Lipinski definition) is 7. The van der Waals surface area contributed by atoms with Crippen LogP contribution in [0.4, 0.5) is 35.9 Å². The highest BCUT2D eigenvalue weighted by molar-refractivity contribution is 5.81. The van der Waals surface area contributed by atoms with Crippen molar-refractivity contribution in [3.8, 4) is 0 Å². The molecule has 0 bridgehead atoms. The van der Waals surface area contributed by atoms with E-state index in [1.165, 1.54) is 30.9 Å². The average molecular weight is 752 g/mol. The van der Waals surface area contributed by atoms with Crippen molar-refractivity contribution in [3.05, 3.63) is 107 Å². The van der Waals surface area contributed by atoms with Gasteiger partial charge in [0, 0.05) is 13.6 Å². The van der Waals surface area contributed by atoms with Gasteiger partial charge < -0.3 is 14.4 Å². The summed E-state index contributed by atoms with van der Waals surface area (Å²) >= 11 is 0. The van der Waals surface area contributed by atoms with E-state index in [-0.39, 0.29) is 50.7 Å². The van der Waals surface area contributed by atoms with Crippen molar-refractivity contribution < 1.29 is 55.0 Å². The molecule has 2 aliphatic heterocycles. The smallest absolute Gasteiger partial charge is 0.416 e. The molecule has 17 heteroatoms. The monoisotopic (exact) mass is 751 g/mol. The lowest BCUT2D eigenvalue weighted by Gasteiger charge is -2.55. The summed E-state index contributed by atoms with van der Waals surface area (Å²) in [7, 11) is 2.69. The number of carbonyl (C=O) groups is 3. The minimum absolute atomic E-state index is 0.0221. The zero-order valence-corrected chi connectivity index (χ0v) is 29.1. The third-order valence-corrected chi connectivity index (χ3v) is 9.72. The normalized spacial score (nSPS) is 21.3. The average Bonchev–Trinajstić information content (AvgIpc) is 3.59. The van der Waals surface area contributed by atoms with Gasteiger partial charge in [-0.1, -0.05) is 60.7 Å². The Bertz CT molecular complexity index is 1730. The van der Waals surface area contributed by atoms with Crippen molar-refractivity contribution in [2.24, 2.45) is 0 Å². The number of hydrogen-bond donors (Lipinski definition) is 2. The van der Waals surface area contributed by atoms with Gasteiger partial charge in [0.15, 0.2) is 0 Å². The fourth-order valence-electron chi connectivity index (χ4n) is 6.66. The molecular weight excluding hydrogens is 712 g/mol. The molecule has 2 heterocycles. The van der Waals surface area contributed by atoms with E-state index in [1.54, 1.807) is 60.7 Å². The van der Waals surface area contributed by atoms with Crippen molar-refractivity contribution in [1.82, 2.24) is 25.7 Å². The first-order chi connectivity index (χ1) is 25.0. The first-order valence-electron chi connectivity index (χ1n) is 16.5. The van der Waals surface area contributed by atoms with Crippen LogP contribution in [0.15, 0.2) is 78.9 Å². The van der Waals surface area contributed by atoms with Crippen LogP contribution in [-0.4, -0.2) is 72.4 Å². The van der Waals surface area contributed by atoms with Gasteiger partial charge in [0.05, 0.1) is 55.1 Å². The number of nitrogens with zero attached hydrogens (tertiary/aromatic N) is 3. The molecule has 3 atom stereocenters. The quantitative estimate of drug-likeness (QED) is 0.165. The Kier molecular flexibility index (Phi) is 11.6. The molecule has 0 spiro atoms. The van der Waals surface area contributed by atoms with Crippen molar-refractivity contribution in [3.63, 3.8) is 0 Å². The number of alkyl halides is 6. The molecule has 2 N–H and O–H groups in total. The number of rotatable bonds is 11. The van der Waals surface area contributed by atoms with E-state index in [0.29, 0.717) is 23.3 Å². The molecule has 4 amide bonds. The number of urea groups is 1. The van der Waals surface area contributed by atoms with Gasteiger partial charge in [-0.05, 0) is 54.7 Å². The minimum Gasteiger partial charge on any atom is -0.445 e. The lowest BCUT2D eigenvalue weighted by molar-refractivity contribution is -0.173. The van der Waals surface area contributed by atoms with Gasteiger partial charge in [-0.3, -0.25) is 20.0 Å². The van der Waals surface area contributed by atoms with Crippen LogP contribution in [0.25, 0.3) is 0 Å². The summed E-state index contributed by atoms with van der Waals surface area (Å²) in [5.41, 5.74) is 0.266. The first-order valence-corrected chi connectivity index (χ1v) is 16.5. The molecule has 3 aromatic rings. The molecule has 0 aromatic heterocycles. The number of ether oxygens (including phenoxy) is 2. The number of carbonyl (C=O) groups excluding carboxylic acids is 3. The zero-order chi connectivity index (χ0) is 38.6. The highest BCUT2D eigenvalue weighted by atomic mass is 19.4. The van der Waals surface area contributed by atoms with Gasteiger partial charge in [-0.15, -0.1) is 0 Å². The summed E-state index contributed by atoms with van der Waals surface area (Å²) in [4.78, 5) is 48.8. The zero-order valence-electron chi connectivity index (χ0n) is 29.1. The molecule has 0 radical (unpaired) electrons. The number of hydrazine groups is 1. The summed E-state index contributed by atoms with van der Waals surface area (Å²) in [6.45, 7) is 0.431. The standard InChI is InChI=1S/C36H39F6N5O6/c1-24(26-16-28(35(37,38)39)18-29(17-26)36(40,41)42)53-22-34(27-12-8-5-9-13-27)15-14-33(19-30(48)45(2)51-3,47-23-43-44-31(47)49)21-46(34)32(50)52-20-25-10-6-4-7-11-25/h4-13,16-18,24,43H,14-15,19-23H2,1-3H3,(H,44,49)/t24-,33-,34-/m1/s1. The third-order valence-electron chi connectivity index (χ3n) is 9.72. The second kappa shape index (κ2) is 15.6. The predicted octanol–water partition coefficient (Wildman–Crippen LogP) is 6.77. The Morgan fingerprint density at radius 2 is 1.53 bits per heavy atom. The summed E-state index contributed by atoms with van der Waals surface area (Å²) in [5, 5.41) is 0.995. The molecule has 286 valence electrons. The second-order valence-electron chi connectivity index (χ2n) is 13.0. The fraction of sp³-hybridized carbons (Fsp3) is 0.417. The van der Waals surface area contributed by atoms with Gasteiger partial charge in [0.1, 0.15) is 6.61 Å². The Balaban J connectivity index is 1.58. The molecule has 2 fully saturated rings. The van der Waals surface area contributed by atoms with Crippen molar-refractivity contribution in [1.29, 1.82) is 0 Å². The fourth-order valence-corrected chi connectivity index (χ4v) is 6.66. The maximum absolute atomic E-state index is 14.4. The van der Waals surface area contributed by atoms with Crippen LogP contribution in [0.5, 0.6) is 0 Å². The largest absolute Gasteiger partial charge is 0.445 e. The van der Waals surface area contributed by atoms with E-state index in [4.69, 9.17) is 14.3 Å². The Labute approximate surface area is 301 Å². The number of likely N-dealkylation sites (tertiary alicyclic amines) is 1. The highest BCUT2D eigenvalue weighted by Gasteiger charge is 2.56. The third kappa shape index (κ3) is 8.69. The Morgan fingerprint density at radius 1 is 0.925 bits per heavy atom.